The van der Waals surface area contributed by atoms with Crippen LogP contribution in [0.15, 0.2) is 199 Å². The van der Waals surface area contributed by atoms with Crippen LogP contribution in [0.5, 0.6) is 0 Å². The van der Waals surface area contributed by atoms with Crippen molar-refractivity contribution in [2.24, 2.45) is 0 Å². The summed E-state index contributed by atoms with van der Waals surface area (Å²) >= 11 is 0. The van der Waals surface area contributed by atoms with E-state index in [4.69, 9.17) is 9.40 Å². The van der Waals surface area contributed by atoms with Gasteiger partial charge in [0.25, 0.3) is 0 Å². The molecule has 236 valence electrons. The van der Waals surface area contributed by atoms with Crippen LogP contribution in [0, 0.1) is 0 Å². The molecule has 0 atom stereocenters. The first-order chi connectivity index (χ1) is 24.8. The summed E-state index contributed by atoms with van der Waals surface area (Å²) in [6.07, 6.45) is 0. The fourth-order valence-electron chi connectivity index (χ4n) is 6.73. The first-order valence-electron chi connectivity index (χ1n) is 16.9. The molecule has 0 amide bonds. The van der Waals surface area contributed by atoms with Gasteiger partial charge < -0.3 is 9.32 Å². The van der Waals surface area contributed by atoms with E-state index in [9.17, 15) is 0 Å². The Morgan fingerprint density at radius 1 is 0.360 bits per heavy atom. The van der Waals surface area contributed by atoms with Gasteiger partial charge in [0.15, 0.2) is 5.58 Å². The molecule has 0 aliphatic heterocycles. The molecule has 0 saturated heterocycles. The second-order valence-electron chi connectivity index (χ2n) is 12.4. The quantitative estimate of drug-likeness (QED) is 0.174. The monoisotopic (exact) mass is 640 g/mol. The maximum atomic E-state index is 6.19. The predicted molar refractivity (Wildman–Crippen MR) is 208 cm³/mol. The van der Waals surface area contributed by atoms with Crippen LogP contribution in [0.1, 0.15) is 0 Å². The SMILES string of the molecule is c1ccc(-c2ccc(N(c3ccc(-c4ccc5ccc6oc(-c7ccccc7)nc6c5c4)cc3)c3cccc(-c4ccccc4)c3)cc2)cc1. The van der Waals surface area contributed by atoms with Gasteiger partial charge in [-0.15, -0.1) is 0 Å². The molecular weight excluding hydrogens is 609 g/mol. The van der Waals surface area contributed by atoms with Gasteiger partial charge in [-0.25, -0.2) is 4.98 Å². The number of oxazole rings is 1. The van der Waals surface area contributed by atoms with Crippen molar-refractivity contribution in [1.29, 1.82) is 0 Å². The summed E-state index contributed by atoms with van der Waals surface area (Å²) in [5, 5.41) is 2.21. The van der Waals surface area contributed by atoms with Crippen molar-refractivity contribution in [2.45, 2.75) is 0 Å². The molecule has 1 heterocycles. The molecule has 3 heteroatoms. The molecule has 0 bridgehead atoms. The highest BCUT2D eigenvalue weighted by Gasteiger charge is 2.16. The number of rotatable bonds is 7. The summed E-state index contributed by atoms with van der Waals surface area (Å²) in [6.45, 7) is 0. The molecule has 8 aromatic carbocycles. The van der Waals surface area contributed by atoms with Gasteiger partial charge in [0.05, 0.1) is 0 Å². The van der Waals surface area contributed by atoms with Crippen molar-refractivity contribution in [1.82, 2.24) is 4.98 Å². The molecule has 9 aromatic rings. The van der Waals surface area contributed by atoms with Crippen molar-refractivity contribution in [2.75, 3.05) is 4.90 Å². The van der Waals surface area contributed by atoms with E-state index >= 15 is 0 Å². The van der Waals surface area contributed by atoms with Crippen molar-refractivity contribution >= 4 is 38.9 Å². The summed E-state index contributed by atoms with van der Waals surface area (Å²) in [7, 11) is 0. The second-order valence-corrected chi connectivity index (χ2v) is 12.4. The standard InChI is InChI=1S/C47H32N2O/c1-4-11-33(12-5-1)35-21-26-41(27-22-35)49(43-18-10-17-39(31-43)34-13-6-2-7-14-34)42-28-23-36(24-29-42)40-20-19-37-25-30-45-46(44(37)32-40)48-47(50-45)38-15-8-3-9-16-38/h1-32H. The molecule has 50 heavy (non-hydrogen) atoms. The average Bonchev–Trinajstić information content (AvgIpc) is 3.65. The van der Waals surface area contributed by atoms with Gasteiger partial charge in [-0.1, -0.05) is 133 Å². The first kappa shape index (κ1) is 29.4. The van der Waals surface area contributed by atoms with Crippen molar-refractivity contribution in [3.05, 3.63) is 194 Å². The summed E-state index contributed by atoms with van der Waals surface area (Å²) < 4.78 is 6.19. The predicted octanol–water partition coefficient (Wildman–Crippen LogP) is 13.1. The van der Waals surface area contributed by atoms with Crippen LogP contribution >= 0.6 is 0 Å². The maximum Gasteiger partial charge on any atom is 0.227 e. The molecule has 3 nitrogen and oxygen atoms in total. The van der Waals surface area contributed by atoms with Crippen LogP contribution < -0.4 is 4.90 Å². The van der Waals surface area contributed by atoms with Crippen LogP contribution in [0.4, 0.5) is 17.1 Å². The van der Waals surface area contributed by atoms with E-state index in [1.54, 1.807) is 0 Å². The lowest BCUT2D eigenvalue weighted by Crippen LogP contribution is -2.10. The van der Waals surface area contributed by atoms with Crippen LogP contribution in [-0.2, 0) is 0 Å². The van der Waals surface area contributed by atoms with Gasteiger partial charge in [0.1, 0.15) is 5.52 Å². The summed E-state index contributed by atoms with van der Waals surface area (Å²) in [5.41, 5.74) is 12.9. The summed E-state index contributed by atoms with van der Waals surface area (Å²) in [5.74, 6) is 0.635. The molecule has 1 aromatic heterocycles. The number of nitrogens with zero attached hydrogens (tertiary/aromatic N) is 2. The lowest BCUT2D eigenvalue weighted by molar-refractivity contribution is 0.620. The topological polar surface area (TPSA) is 29.3 Å². The van der Waals surface area contributed by atoms with Crippen LogP contribution in [-0.4, -0.2) is 4.98 Å². The van der Waals surface area contributed by atoms with Crippen LogP contribution in [0.2, 0.25) is 0 Å². The van der Waals surface area contributed by atoms with Crippen LogP contribution in [0.25, 0.3) is 66.7 Å². The zero-order valence-electron chi connectivity index (χ0n) is 27.3. The van der Waals surface area contributed by atoms with E-state index < -0.39 is 0 Å². The lowest BCUT2D eigenvalue weighted by atomic mass is 10.00. The smallest absolute Gasteiger partial charge is 0.227 e. The molecule has 0 radical (unpaired) electrons. The van der Waals surface area contributed by atoms with E-state index in [1.165, 1.54) is 22.3 Å². The second kappa shape index (κ2) is 12.7. The number of hydrogen-bond donors (Lipinski definition) is 0. The minimum atomic E-state index is 0.635. The van der Waals surface area contributed by atoms with Gasteiger partial charge in [-0.3, -0.25) is 0 Å². The van der Waals surface area contributed by atoms with E-state index in [-0.39, 0.29) is 0 Å². The number of hydrogen-bond acceptors (Lipinski definition) is 3. The third-order valence-electron chi connectivity index (χ3n) is 9.30. The summed E-state index contributed by atoms with van der Waals surface area (Å²) in [6, 6.07) is 68.3. The fourth-order valence-corrected chi connectivity index (χ4v) is 6.73. The zero-order chi connectivity index (χ0) is 33.3. The number of anilines is 3. The molecule has 0 N–H and O–H groups in total. The lowest BCUT2D eigenvalue weighted by Gasteiger charge is -2.26. The molecule has 0 fully saturated rings. The molecule has 0 saturated carbocycles. The highest BCUT2D eigenvalue weighted by molar-refractivity contribution is 6.05. The zero-order valence-corrected chi connectivity index (χ0v) is 27.3. The number of fused-ring (bicyclic) bond motifs is 3. The van der Waals surface area contributed by atoms with Crippen molar-refractivity contribution in [3.8, 4) is 44.8 Å². The molecular formula is C47H32N2O. The highest BCUT2D eigenvalue weighted by Crippen LogP contribution is 2.39. The fraction of sp³-hybridized carbons (Fsp3) is 0. The Kier molecular flexibility index (Phi) is 7.49. The van der Waals surface area contributed by atoms with Crippen LogP contribution in [0.3, 0.4) is 0 Å². The van der Waals surface area contributed by atoms with Gasteiger partial charge in [-0.05, 0) is 99.4 Å². The Labute approximate surface area is 291 Å². The first-order valence-corrected chi connectivity index (χ1v) is 16.9. The normalized spacial score (nSPS) is 11.2. The largest absolute Gasteiger partial charge is 0.436 e. The summed E-state index contributed by atoms with van der Waals surface area (Å²) in [4.78, 5) is 7.26. The van der Waals surface area contributed by atoms with Gasteiger partial charge >= 0.3 is 0 Å². The molecule has 0 spiro atoms. The third-order valence-corrected chi connectivity index (χ3v) is 9.30. The number of benzene rings is 8. The third kappa shape index (κ3) is 5.61. The van der Waals surface area contributed by atoms with Gasteiger partial charge in [-0.2, -0.15) is 0 Å². The van der Waals surface area contributed by atoms with E-state index in [1.807, 2.05) is 36.4 Å². The number of aromatic nitrogens is 1. The van der Waals surface area contributed by atoms with Gasteiger partial charge in [0.2, 0.25) is 5.89 Å². The van der Waals surface area contributed by atoms with E-state index in [0.717, 1.165) is 55.6 Å². The maximum absolute atomic E-state index is 6.19. The Morgan fingerprint density at radius 2 is 0.840 bits per heavy atom. The minimum absolute atomic E-state index is 0.635. The molecule has 0 aliphatic carbocycles. The van der Waals surface area contributed by atoms with E-state index in [0.29, 0.717) is 5.89 Å². The Balaban J connectivity index is 1.10. The molecule has 9 rings (SSSR count). The van der Waals surface area contributed by atoms with Gasteiger partial charge in [0, 0.05) is 28.0 Å². The van der Waals surface area contributed by atoms with Crippen molar-refractivity contribution in [3.63, 3.8) is 0 Å². The molecule has 0 unspecified atom stereocenters. The Morgan fingerprint density at radius 3 is 1.48 bits per heavy atom. The Bertz CT molecular complexity index is 2560. The Hall–Kier alpha value is -6.71. The molecule has 0 aliphatic rings. The van der Waals surface area contributed by atoms with Crippen molar-refractivity contribution < 1.29 is 4.42 Å². The highest BCUT2D eigenvalue weighted by atomic mass is 16.3. The van der Waals surface area contributed by atoms with E-state index in [2.05, 4.69) is 163 Å². The average molecular weight is 641 g/mol. The minimum Gasteiger partial charge on any atom is -0.436 e.